The summed E-state index contributed by atoms with van der Waals surface area (Å²) in [4.78, 5) is 24.9. The summed E-state index contributed by atoms with van der Waals surface area (Å²) in [6.07, 6.45) is 4.39. The van der Waals surface area contributed by atoms with Gasteiger partial charge in [-0.2, -0.15) is 5.26 Å². The second kappa shape index (κ2) is 14.3. The van der Waals surface area contributed by atoms with Gasteiger partial charge in [-0.3, -0.25) is 10.1 Å². The van der Waals surface area contributed by atoms with E-state index in [1.54, 1.807) is 6.08 Å². The summed E-state index contributed by atoms with van der Waals surface area (Å²) in [5.41, 5.74) is 4.39. The maximum atomic E-state index is 12.6. The first kappa shape index (κ1) is 33.6. The number of allylic oxidation sites excluding steroid dienone is 2. The molecule has 4 N–H and O–H groups in total. The van der Waals surface area contributed by atoms with Gasteiger partial charge in [-0.1, -0.05) is 45.0 Å². The number of hydrogen-bond donors (Lipinski definition) is 4. The molecule has 1 heterocycles. The number of benzene rings is 1. The minimum absolute atomic E-state index is 0.0890. The Morgan fingerprint density at radius 3 is 2.48 bits per heavy atom. The van der Waals surface area contributed by atoms with Crippen LogP contribution in [0.4, 0.5) is 10.5 Å². The van der Waals surface area contributed by atoms with Crippen molar-refractivity contribution in [1.29, 1.82) is 5.26 Å². The standard InChI is InChI=1S/C35H48N6O5/c1-5-16-37-31(42)18-22-17-23(33(44)32(22)43)19-41-30-13-11-26-25(10-12-29(30)39-40-41)27(26)20-46-34(45)38-24-8-6-21(7-9-24)28(14-15-36)35(2,3)4/h6-9,14,22-23,25-27,32-33,43-44H,5,10-13,16-20H2,1-4H3,(H,37,42)(H,38,45)/b28-14-/t22-,23-,25?,26?,27?,32+,33-/m1/s1. The summed E-state index contributed by atoms with van der Waals surface area (Å²) < 4.78 is 7.54. The molecule has 5 rings (SSSR count). The third-order valence-electron chi connectivity index (χ3n) is 10.1. The zero-order valence-corrected chi connectivity index (χ0v) is 27.4. The van der Waals surface area contributed by atoms with Crippen LogP contribution in [0.3, 0.4) is 0 Å². The van der Waals surface area contributed by atoms with Crippen molar-refractivity contribution in [2.24, 2.45) is 35.0 Å². The predicted molar refractivity (Wildman–Crippen MR) is 173 cm³/mol. The fourth-order valence-electron chi connectivity index (χ4n) is 7.48. The maximum Gasteiger partial charge on any atom is 0.411 e. The lowest BCUT2D eigenvalue weighted by Gasteiger charge is -2.22. The molecule has 0 saturated heterocycles. The van der Waals surface area contributed by atoms with E-state index >= 15 is 0 Å². The van der Waals surface area contributed by atoms with E-state index in [4.69, 9.17) is 4.74 Å². The van der Waals surface area contributed by atoms with Crippen LogP contribution in [0.25, 0.3) is 5.57 Å². The molecule has 0 spiro atoms. The number of amides is 2. The number of aliphatic hydroxyl groups is 2. The summed E-state index contributed by atoms with van der Waals surface area (Å²) >= 11 is 0. The first-order valence-corrected chi connectivity index (χ1v) is 16.7. The summed E-state index contributed by atoms with van der Waals surface area (Å²) in [6.45, 7) is 9.61. The number of aryl methyl sites for hydroxylation is 1. The third kappa shape index (κ3) is 7.78. The lowest BCUT2D eigenvalue weighted by Crippen LogP contribution is -2.33. The van der Waals surface area contributed by atoms with Crippen LogP contribution in [0.5, 0.6) is 0 Å². The Bertz CT molecular complexity index is 1460. The summed E-state index contributed by atoms with van der Waals surface area (Å²) in [5, 5.41) is 45.2. The number of ether oxygens (including phenoxy) is 1. The minimum Gasteiger partial charge on any atom is -0.449 e. The van der Waals surface area contributed by atoms with E-state index in [-0.39, 0.29) is 29.6 Å². The molecule has 1 aromatic heterocycles. The highest BCUT2D eigenvalue weighted by Crippen LogP contribution is 2.53. The number of rotatable bonds is 10. The molecular weight excluding hydrogens is 584 g/mol. The second-order valence-electron chi connectivity index (χ2n) is 14.3. The Morgan fingerprint density at radius 1 is 1.11 bits per heavy atom. The van der Waals surface area contributed by atoms with Gasteiger partial charge in [0.2, 0.25) is 5.91 Å². The lowest BCUT2D eigenvalue weighted by atomic mass is 9.82. The van der Waals surface area contributed by atoms with Crippen molar-refractivity contribution in [3.05, 3.63) is 47.3 Å². The zero-order valence-electron chi connectivity index (χ0n) is 27.4. The fraction of sp³-hybridized carbons (Fsp3) is 0.629. The Morgan fingerprint density at radius 2 is 1.80 bits per heavy atom. The van der Waals surface area contributed by atoms with E-state index in [2.05, 4.69) is 47.8 Å². The third-order valence-corrected chi connectivity index (χ3v) is 10.1. The molecule has 248 valence electrons. The highest BCUT2D eigenvalue weighted by molar-refractivity contribution is 5.85. The first-order valence-electron chi connectivity index (χ1n) is 16.7. The first-order chi connectivity index (χ1) is 22.0. The van der Waals surface area contributed by atoms with Gasteiger partial charge in [-0.15, -0.1) is 5.10 Å². The van der Waals surface area contributed by atoms with Crippen molar-refractivity contribution in [3.63, 3.8) is 0 Å². The Balaban J connectivity index is 1.10. The number of nitriles is 1. The number of nitrogens with zero attached hydrogens (tertiary/aromatic N) is 4. The van der Waals surface area contributed by atoms with Crippen LogP contribution < -0.4 is 10.6 Å². The average Bonchev–Trinajstić information content (AvgIpc) is 3.41. The van der Waals surface area contributed by atoms with Gasteiger partial charge < -0.3 is 20.3 Å². The summed E-state index contributed by atoms with van der Waals surface area (Å²) in [6, 6.07) is 9.58. The molecule has 11 heteroatoms. The summed E-state index contributed by atoms with van der Waals surface area (Å²) in [7, 11) is 0. The van der Waals surface area contributed by atoms with Gasteiger partial charge in [-0.25, -0.2) is 9.48 Å². The number of fused-ring (bicyclic) bond motifs is 2. The van der Waals surface area contributed by atoms with E-state index in [1.165, 1.54) is 0 Å². The highest BCUT2D eigenvalue weighted by Gasteiger charge is 2.50. The number of carbonyl (C=O) groups is 2. The quantitative estimate of drug-likeness (QED) is 0.279. The second-order valence-corrected chi connectivity index (χ2v) is 14.3. The van der Waals surface area contributed by atoms with Gasteiger partial charge in [-0.05, 0) is 90.9 Å². The molecule has 46 heavy (non-hydrogen) atoms. The molecule has 2 aromatic rings. The molecule has 3 aliphatic carbocycles. The van der Waals surface area contributed by atoms with E-state index in [1.807, 2.05) is 35.9 Å². The summed E-state index contributed by atoms with van der Waals surface area (Å²) in [5.74, 6) is 0.703. The van der Waals surface area contributed by atoms with Gasteiger partial charge in [0, 0.05) is 37.2 Å². The van der Waals surface area contributed by atoms with Crippen LogP contribution in [0.1, 0.15) is 76.8 Å². The van der Waals surface area contributed by atoms with Gasteiger partial charge >= 0.3 is 6.09 Å². The van der Waals surface area contributed by atoms with Crippen LogP contribution in [-0.2, 0) is 28.9 Å². The van der Waals surface area contributed by atoms with Crippen molar-refractivity contribution in [3.8, 4) is 6.07 Å². The van der Waals surface area contributed by atoms with E-state index in [9.17, 15) is 25.1 Å². The number of anilines is 1. The fourth-order valence-corrected chi connectivity index (χ4v) is 7.48. The highest BCUT2D eigenvalue weighted by atomic mass is 16.5. The smallest absolute Gasteiger partial charge is 0.411 e. The van der Waals surface area contributed by atoms with Crippen LogP contribution in [-0.4, -0.2) is 62.6 Å². The van der Waals surface area contributed by atoms with Crippen molar-refractivity contribution in [2.75, 3.05) is 18.5 Å². The van der Waals surface area contributed by atoms with Crippen LogP contribution in [0.2, 0.25) is 0 Å². The van der Waals surface area contributed by atoms with Crippen LogP contribution in [0.15, 0.2) is 30.3 Å². The number of nitrogens with one attached hydrogen (secondary N) is 2. The number of aromatic nitrogens is 3. The lowest BCUT2D eigenvalue weighted by molar-refractivity contribution is -0.123. The van der Waals surface area contributed by atoms with Crippen molar-refractivity contribution < 1.29 is 24.5 Å². The Hall–Kier alpha value is -3.75. The molecule has 0 bridgehead atoms. The molecule has 3 unspecified atom stereocenters. The molecule has 0 aliphatic heterocycles. The van der Waals surface area contributed by atoms with E-state index in [0.29, 0.717) is 49.6 Å². The van der Waals surface area contributed by atoms with E-state index in [0.717, 1.165) is 54.6 Å². The molecule has 0 radical (unpaired) electrons. The molecule has 2 saturated carbocycles. The SMILES string of the molecule is CCCNC(=O)C[C@H]1C[C@H](Cn2nnc3c2CCC2C(CC3)C2COC(=O)Nc2ccc(/C(=C/C#N)C(C)(C)C)cc2)[C@@H](O)[C@H]1O. The predicted octanol–water partition coefficient (Wildman–Crippen LogP) is 4.50. The number of carbonyl (C=O) groups excluding carboxylic acids is 2. The molecule has 11 nitrogen and oxygen atoms in total. The van der Waals surface area contributed by atoms with Gasteiger partial charge in [0.25, 0.3) is 0 Å². The van der Waals surface area contributed by atoms with Crippen molar-refractivity contribution in [2.45, 2.75) is 91.4 Å². The molecule has 2 fully saturated rings. The van der Waals surface area contributed by atoms with Gasteiger partial charge in [0.05, 0.1) is 36.3 Å². The average molecular weight is 633 g/mol. The van der Waals surface area contributed by atoms with Crippen molar-refractivity contribution in [1.82, 2.24) is 20.3 Å². The van der Waals surface area contributed by atoms with Crippen LogP contribution >= 0.6 is 0 Å². The molecular formula is C35H48N6O5. The Labute approximate surface area is 271 Å². The molecule has 7 atom stereocenters. The number of hydrogen-bond acceptors (Lipinski definition) is 8. The largest absolute Gasteiger partial charge is 0.449 e. The monoisotopic (exact) mass is 632 g/mol. The zero-order chi connectivity index (χ0) is 33.0. The number of aliphatic hydroxyl groups excluding tert-OH is 2. The molecule has 3 aliphatic rings. The van der Waals surface area contributed by atoms with Crippen LogP contribution in [0, 0.1) is 46.3 Å². The molecule has 1 aromatic carbocycles. The van der Waals surface area contributed by atoms with Gasteiger partial charge in [0.15, 0.2) is 0 Å². The maximum absolute atomic E-state index is 12.6. The normalized spacial score (nSPS) is 27.4. The van der Waals surface area contributed by atoms with Gasteiger partial charge in [0.1, 0.15) is 0 Å². The molecule has 2 amide bonds. The van der Waals surface area contributed by atoms with E-state index < -0.39 is 18.3 Å². The Kier molecular flexibility index (Phi) is 10.5. The topological polar surface area (TPSA) is 162 Å². The van der Waals surface area contributed by atoms with Crippen molar-refractivity contribution >= 4 is 23.3 Å². The minimum atomic E-state index is -0.930.